The standard InChI is InChI=1S/C13H14Br2FNO3/c14-7-13(3-1-2-4-13)8-20-12-10(15)5-9(16)6-11(12)17(18)19/h5-6H,1-4,7-8H2. The number of nitrogens with zero attached hydrogens (tertiary/aromatic N) is 1. The number of hydrogen-bond donors (Lipinski definition) is 0. The number of ether oxygens (including phenoxy) is 1. The van der Waals surface area contributed by atoms with Gasteiger partial charge in [-0.15, -0.1) is 0 Å². The van der Waals surface area contributed by atoms with E-state index in [0.29, 0.717) is 6.61 Å². The molecule has 0 aromatic heterocycles. The topological polar surface area (TPSA) is 52.4 Å². The maximum absolute atomic E-state index is 13.3. The average molecular weight is 411 g/mol. The van der Waals surface area contributed by atoms with Crippen molar-refractivity contribution in [3.05, 3.63) is 32.5 Å². The molecule has 7 heteroatoms. The maximum atomic E-state index is 13.3. The molecule has 0 amide bonds. The zero-order chi connectivity index (χ0) is 14.8. The molecule has 0 heterocycles. The van der Waals surface area contributed by atoms with Crippen molar-refractivity contribution in [1.82, 2.24) is 0 Å². The molecule has 2 rings (SSSR count). The molecule has 0 bridgehead atoms. The first-order chi connectivity index (χ1) is 9.47. The molecule has 20 heavy (non-hydrogen) atoms. The van der Waals surface area contributed by atoms with Crippen LogP contribution < -0.4 is 4.74 Å². The fraction of sp³-hybridized carbons (Fsp3) is 0.538. The number of benzene rings is 1. The van der Waals surface area contributed by atoms with Crippen molar-refractivity contribution in [2.24, 2.45) is 5.41 Å². The van der Waals surface area contributed by atoms with E-state index in [9.17, 15) is 14.5 Å². The van der Waals surface area contributed by atoms with Crippen molar-refractivity contribution in [2.75, 3.05) is 11.9 Å². The first kappa shape index (κ1) is 15.7. The van der Waals surface area contributed by atoms with Crippen molar-refractivity contribution in [3.63, 3.8) is 0 Å². The molecule has 0 N–H and O–H groups in total. The lowest BCUT2D eigenvalue weighted by Gasteiger charge is -2.26. The molecule has 1 fully saturated rings. The van der Waals surface area contributed by atoms with E-state index >= 15 is 0 Å². The monoisotopic (exact) mass is 409 g/mol. The summed E-state index contributed by atoms with van der Waals surface area (Å²) in [5.74, 6) is -0.560. The molecule has 0 spiro atoms. The number of alkyl halides is 1. The first-order valence-electron chi connectivity index (χ1n) is 6.30. The third-order valence-electron chi connectivity index (χ3n) is 3.66. The second kappa shape index (κ2) is 6.39. The zero-order valence-corrected chi connectivity index (χ0v) is 13.9. The van der Waals surface area contributed by atoms with E-state index in [1.54, 1.807) is 0 Å². The number of nitro benzene ring substituents is 1. The SMILES string of the molecule is O=[N+]([O-])c1cc(F)cc(Br)c1OCC1(CBr)CCCC1. The Morgan fingerprint density at radius 3 is 2.60 bits per heavy atom. The van der Waals surface area contributed by atoms with Crippen LogP contribution in [0.5, 0.6) is 5.75 Å². The van der Waals surface area contributed by atoms with Gasteiger partial charge in [0, 0.05) is 10.7 Å². The second-order valence-corrected chi connectivity index (χ2v) is 6.54. The Morgan fingerprint density at radius 2 is 2.05 bits per heavy atom. The van der Waals surface area contributed by atoms with Crippen LogP contribution in [-0.2, 0) is 0 Å². The van der Waals surface area contributed by atoms with Gasteiger partial charge in [-0.2, -0.15) is 0 Å². The Bertz CT molecular complexity index is 519. The summed E-state index contributed by atoms with van der Waals surface area (Å²) in [5.41, 5.74) is -0.332. The van der Waals surface area contributed by atoms with E-state index in [1.807, 2.05) is 0 Å². The van der Waals surface area contributed by atoms with Crippen LogP contribution in [0.4, 0.5) is 10.1 Å². The van der Waals surface area contributed by atoms with Crippen LogP contribution in [0.3, 0.4) is 0 Å². The number of hydrogen-bond acceptors (Lipinski definition) is 3. The molecule has 1 saturated carbocycles. The summed E-state index contributed by atoms with van der Waals surface area (Å²) in [5, 5.41) is 11.8. The highest BCUT2D eigenvalue weighted by Crippen LogP contribution is 2.42. The molecular weight excluding hydrogens is 397 g/mol. The van der Waals surface area contributed by atoms with Gasteiger partial charge in [0.1, 0.15) is 5.82 Å². The highest BCUT2D eigenvalue weighted by atomic mass is 79.9. The van der Waals surface area contributed by atoms with Crippen LogP contribution in [0.15, 0.2) is 16.6 Å². The van der Waals surface area contributed by atoms with E-state index in [2.05, 4.69) is 31.9 Å². The van der Waals surface area contributed by atoms with Crippen LogP contribution in [0.25, 0.3) is 0 Å². The summed E-state index contributed by atoms with van der Waals surface area (Å²) in [6.07, 6.45) is 4.35. The van der Waals surface area contributed by atoms with Gasteiger partial charge in [0.05, 0.1) is 22.1 Å². The lowest BCUT2D eigenvalue weighted by molar-refractivity contribution is -0.386. The van der Waals surface area contributed by atoms with Crippen LogP contribution in [-0.4, -0.2) is 16.9 Å². The predicted molar refractivity (Wildman–Crippen MR) is 80.9 cm³/mol. The minimum absolute atomic E-state index is 0.0156. The molecular formula is C13H14Br2FNO3. The van der Waals surface area contributed by atoms with Crippen molar-refractivity contribution in [1.29, 1.82) is 0 Å². The van der Waals surface area contributed by atoms with Crippen molar-refractivity contribution in [3.8, 4) is 5.75 Å². The molecule has 0 unspecified atom stereocenters. The smallest absolute Gasteiger partial charge is 0.315 e. The summed E-state index contributed by atoms with van der Waals surface area (Å²) in [7, 11) is 0. The Labute approximate surface area is 133 Å². The minimum Gasteiger partial charge on any atom is -0.485 e. The lowest BCUT2D eigenvalue weighted by atomic mass is 9.90. The first-order valence-corrected chi connectivity index (χ1v) is 8.21. The number of halogens is 3. The third kappa shape index (κ3) is 3.31. The van der Waals surface area contributed by atoms with Gasteiger partial charge in [0.25, 0.3) is 0 Å². The van der Waals surface area contributed by atoms with Crippen LogP contribution in [0.2, 0.25) is 0 Å². The van der Waals surface area contributed by atoms with Crippen LogP contribution >= 0.6 is 31.9 Å². The summed E-state index contributed by atoms with van der Waals surface area (Å²) >= 11 is 6.63. The fourth-order valence-corrected chi connectivity index (χ4v) is 3.75. The van der Waals surface area contributed by atoms with E-state index in [-0.39, 0.29) is 21.3 Å². The largest absolute Gasteiger partial charge is 0.485 e. The number of rotatable bonds is 5. The van der Waals surface area contributed by atoms with Crippen LogP contribution in [0.1, 0.15) is 25.7 Å². The number of nitro groups is 1. The Morgan fingerprint density at radius 1 is 1.40 bits per heavy atom. The van der Waals surface area contributed by atoms with E-state index < -0.39 is 10.7 Å². The predicted octanol–water partition coefficient (Wildman–Crippen LogP) is 4.83. The van der Waals surface area contributed by atoms with E-state index in [0.717, 1.165) is 37.1 Å². The van der Waals surface area contributed by atoms with Gasteiger partial charge in [-0.1, -0.05) is 28.8 Å². The molecule has 4 nitrogen and oxygen atoms in total. The maximum Gasteiger partial charge on any atom is 0.315 e. The fourth-order valence-electron chi connectivity index (χ4n) is 2.49. The van der Waals surface area contributed by atoms with Crippen molar-refractivity contribution in [2.45, 2.75) is 25.7 Å². The molecule has 0 saturated heterocycles. The highest BCUT2D eigenvalue weighted by Gasteiger charge is 2.34. The normalized spacial score (nSPS) is 17.1. The van der Waals surface area contributed by atoms with E-state index in [1.165, 1.54) is 6.07 Å². The Balaban J connectivity index is 2.22. The molecule has 1 aromatic carbocycles. The molecule has 0 radical (unpaired) electrons. The zero-order valence-electron chi connectivity index (χ0n) is 10.7. The molecule has 1 aliphatic rings. The summed E-state index contributed by atoms with van der Waals surface area (Å²) < 4.78 is 19.2. The van der Waals surface area contributed by atoms with Gasteiger partial charge in [-0.25, -0.2) is 4.39 Å². The van der Waals surface area contributed by atoms with Gasteiger partial charge < -0.3 is 4.74 Å². The van der Waals surface area contributed by atoms with Gasteiger partial charge in [0.15, 0.2) is 0 Å². The molecule has 1 aliphatic carbocycles. The van der Waals surface area contributed by atoms with Crippen LogP contribution in [0, 0.1) is 21.3 Å². The lowest BCUT2D eigenvalue weighted by Crippen LogP contribution is -2.27. The van der Waals surface area contributed by atoms with Gasteiger partial charge in [-0.05, 0) is 34.8 Å². The summed E-state index contributed by atoms with van der Waals surface area (Å²) in [6, 6.07) is 2.06. The third-order valence-corrected chi connectivity index (χ3v) is 5.43. The molecule has 0 atom stereocenters. The highest BCUT2D eigenvalue weighted by molar-refractivity contribution is 9.10. The molecule has 1 aromatic rings. The van der Waals surface area contributed by atoms with Gasteiger partial charge in [-0.3, -0.25) is 10.1 Å². The summed E-state index contributed by atoms with van der Waals surface area (Å²) in [6.45, 7) is 0.392. The van der Waals surface area contributed by atoms with Crippen molar-refractivity contribution < 1.29 is 14.1 Å². The second-order valence-electron chi connectivity index (χ2n) is 5.12. The Kier molecular flexibility index (Phi) is 5.01. The molecule has 110 valence electrons. The quantitative estimate of drug-likeness (QED) is 0.396. The van der Waals surface area contributed by atoms with Crippen molar-refractivity contribution >= 4 is 37.5 Å². The van der Waals surface area contributed by atoms with Gasteiger partial charge >= 0.3 is 5.69 Å². The minimum atomic E-state index is -0.660. The average Bonchev–Trinajstić information content (AvgIpc) is 2.86. The van der Waals surface area contributed by atoms with Gasteiger partial charge in [0.2, 0.25) is 5.75 Å². The Hall–Kier alpha value is -0.690. The summed E-state index contributed by atoms with van der Waals surface area (Å²) in [4.78, 5) is 10.4. The molecule has 0 aliphatic heterocycles. The van der Waals surface area contributed by atoms with E-state index in [4.69, 9.17) is 4.74 Å².